The maximum atomic E-state index is 13.8. The van der Waals surface area contributed by atoms with Crippen LogP contribution in [0.5, 0.6) is 5.75 Å². The Bertz CT molecular complexity index is 1130. The number of aryl methyl sites for hydroxylation is 2. The second kappa shape index (κ2) is 13.9. The standard InChI is InChI=1S/C35H45F3O2/c1-3-5-24-6-8-25(9-7-24)10-11-26-12-17-28(18-13-26)29-19-14-27(15-20-29)16-21-30-22-23-31(32(39)4-2)34(40)33(30)35(36,37)38/h10-11,14-15,19-20,22-26,28,40H,3-9,12-13,16-18,21H2,1-2H3. The monoisotopic (exact) mass is 554 g/mol. The van der Waals surface area contributed by atoms with E-state index in [0.717, 1.165) is 17.4 Å². The molecule has 5 heteroatoms. The summed E-state index contributed by atoms with van der Waals surface area (Å²) in [5.74, 6) is 1.50. The number of halogens is 3. The number of ketones is 1. The van der Waals surface area contributed by atoms with E-state index in [9.17, 15) is 23.1 Å². The quantitative estimate of drug-likeness (QED) is 0.234. The summed E-state index contributed by atoms with van der Waals surface area (Å²) in [6, 6.07) is 11.0. The van der Waals surface area contributed by atoms with Crippen molar-refractivity contribution in [1.82, 2.24) is 0 Å². The average molecular weight is 555 g/mol. The number of hydrogen-bond donors (Lipinski definition) is 1. The molecule has 0 radical (unpaired) electrons. The highest BCUT2D eigenvalue weighted by molar-refractivity contribution is 5.99. The van der Waals surface area contributed by atoms with Crippen LogP contribution < -0.4 is 0 Å². The first-order chi connectivity index (χ1) is 19.2. The molecule has 2 aromatic rings. The van der Waals surface area contributed by atoms with Crippen molar-refractivity contribution in [3.63, 3.8) is 0 Å². The fourth-order valence-corrected chi connectivity index (χ4v) is 6.85. The largest absolute Gasteiger partial charge is 0.507 e. The Morgan fingerprint density at radius 2 is 1.45 bits per heavy atom. The van der Waals surface area contributed by atoms with Crippen molar-refractivity contribution in [3.8, 4) is 5.75 Å². The zero-order valence-corrected chi connectivity index (χ0v) is 24.1. The van der Waals surface area contributed by atoms with Gasteiger partial charge in [0.1, 0.15) is 11.3 Å². The maximum Gasteiger partial charge on any atom is 0.420 e. The Morgan fingerprint density at radius 1 is 0.850 bits per heavy atom. The van der Waals surface area contributed by atoms with Crippen LogP contribution in [-0.4, -0.2) is 10.9 Å². The third-order valence-electron chi connectivity index (χ3n) is 9.32. The van der Waals surface area contributed by atoms with E-state index < -0.39 is 23.3 Å². The molecule has 0 amide bonds. The molecule has 4 rings (SSSR count). The first kappa shape index (κ1) is 30.4. The molecule has 0 atom stereocenters. The van der Waals surface area contributed by atoms with Crippen LogP contribution in [0, 0.1) is 17.8 Å². The number of phenolic OH excluding ortho intramolecular Hbond substituents is 1. The van der Waals surface area contributed by atoms with Gasteiger partial charge in [0.15, 0.2) is 5.78 Å². The normalized spacial score (nSPS) is 23.9. The van der Waals surface area contributed by atoms with Gasteiger partial charge in [-0.1, -0.05) is 69.2 Å². The van der Waals surface area contributed by atoms with E-state index in [2.05, 4.69) is 31.2 Å². The van der Waals surface area contributed by atoms with Crippen molar-refractivity contribution in [2.75, 3.05) is 0 Å². The number of carbonyl (C=O) groups excluding carboxylic acids is 1. The number of carbonyl (C=O) groups is 1. The van der Waals surface area contributed by atoms with E-state index in [0.29, 0.717) is 18.3 Å². The predicted molar refractivity (Wildman–Crippen MR) is 156 cm³/mol. The van der Waals surface area contributed by atoms with Crippen LogP contribution in [0.4, 0.5) is 13.2 Å². The number of aromatic hydroxyl groups is 1. The fraction of sp³-hybridized carbons (Fsp3) is 0.571. The molecule has 2 aromatic carbocycles. The average Bonchev–Trinajstić information content (AvgIpc) is 2.95. The lowest BCUT2D eigenvalue weighted by Gasteiger charge is -2.29. The van der Waals surface area contributed by atoms with Gasteiger partial charge in [-0.2, -0.15) is 13.2 Å². The summed E-state index contributed by atoms with van der Waals surface area (Å²) in [6.45, 7) is 3.86. The highest BCUT2D eigenvalue weighted by Crippen LogP contribution is 2.41. The number of rotatable bonds is 10. The number of hydrogen-bond acceptors (Lipinski definition) is 2. The van der Waals surface area contributed by atoms with Gasteiger partial charge in [0.05, 0.1) is 5.56 Å². The molecule has 2 fully saturated rings. The topological polar surface area (TPSA) is 37.3 Å². The van der Waals surface area contributed by atoms with Gasteiger partial charge in [-0.25, -0.2) is 0 Å². The molecule has 0 heterocycles. The fourth-order valence-electron chi connectivity index (χ4n) is 6.85. The summed E-state index contributed by atoms with van der Waals surface area (Å²) in [6.07, 6.45) is 13.9. The van der Waals surface area contributed by atoms with Crippen molar-refractivity contribution >= 4 is 5.78 Å². The lowest BCUT2D eigenvalue weighted by Crippen LogP contribution is -2.14. The molecule has 1 N–H and O–H groups in total. The Hall–Kier alpha value is -2.56. The highest BCUT2D eigenvalue weighted by Gasteiger charge is 2.38. The van der Waals surface area contributed by atoms with Crippen molar-refractivity contribution in [3.05, 3.63) is 76.4 Å². The summed E-state index contributed by atoms with van der Waals surface area (Å²) in [7, 11) is 0. The zero-order valence-electron chi connectivity index (χ0n) is 24.1. The smallest absolute Gasteiger partial charge is 0.420 e. The molecule has 2 saturated carbocycles. The Balaban J connectivity index is 1.29. The van der Waals surface area contributed by atoms with Gasteiger partial charge in [-0.05, 0) is 111 Å². The molecule has 0 saturated heterocycles. The Kier molecular flexibility index (Phi) is 10.5. The summed E-state index contributed by atoms with van der Waals surface area (Å²) in [5, 5.41) is 10.3. The molecule has 0 bridgehead atoms. The first-order valence-corrected chi connectivity index (χ1v) is 15.4. The first-order valence-electron chi connectivity index (χ1n) is 15.4. The zero-order chi connectivity index (χ0) is 28.7. The van der Waals surface area contributed by atoms with Crippen LogP contribution >= 0.6 is 0 Å². The third kappa shape index (κ3) is 7.79. The number of allylic oxidation sites excluding steroid dienone is 2. The molecule has 2 aliphatic rings. The minimum Gasteiger partial charge on any atom is -0.507 e. The molecular formula is C35H45F3O2. The lowest BCUT2D eigenvalue weighted by molar-refractivity contribution is -0.139. The molecule has 2 aliphatic carbocycles. The summed E-state index contributed by atoms with van der Waals surface area (Å²) >= 11 is 0. The van der Waals surface area contributed by atoms with Crippen molar-refractivity contribution < 1.29 is 23.1 Å². The van der Waals surface area contributed by atoms with Gasteiger partial charge in [0, 0.05) is 6.42 Å². The molecular weight excluding hydrogens is 509 g/mol. The van der Waals surface area contributed by atoms with Gasteiger partial charge in [-0.3, -0.25) is 4.79 Å². The SMILES string of the molecule is CCCC1CCC(C=CC2CCC(c3ccc(CCc4ccc(C(=O)CC)c(O)c4C(F)(F)F)cc3)CC2)CC1. The number of Topliss-reactive ketones (excluding diaryl/α,β-unsaturated/α-hetero) is 1. The minimum absolute atomic E-state index is 0.0158. The van der Waals surface area contributed by atoms with Crippen LogP contribution in [0.1, 0.15) is 123 Å². The van der Waals surface area contributed by atoms with Crippen molar-refractivity contribution in [2.24, 2.45) is 17.8 Å². The van der Waals surface area contributed by atoms with Crippen LogP contribution in [0.25, 0.3) is 0 Å². The van der Waals surface area contributed by atoms with Gasteiger partial charge >= 0.3 is 6.18 Å². The van der Waals surface area contributed by atoms with Crippen molar-refractivity contribution in [1.29, 1.82) is 0 Å². The minimum atomic E-state index is -4.73. The molecule has 0 unspecified atom stereocenters. The highest BCUT2D eigenvalue weighted by atomic mass is 19.4. The van der Waals surface area contributed by atoms with Crippen LogP contribution in [-0.2, 0) is 19.0 Å². The molecule has 0 spiro atoms. The van der Waals surface area contributed by atoms with E-state index in [1.807, 2.05) is 12.1 Å². The van der Waals surface area contributed by atoms with Crippen molar-refractivity contribution in [2.45, 2.75) is 109 Å². The van der Waals surface area contributed by atoms with E-state index in [1.165, 1.54) is 81.9 Å². The van der Waals surface area contributed by atoms with Gasteiger partial charge in [0.2, 0.25) is 0 Å². The van der Waals surface area contributed by atoms with Gasteiger partial charge < -0.3 is 5.11 Å². The number of phenols is 1. The molecule has 40 heavy (non-hydrogen) atoms. The maximum absolute atomic E-state index is 13.8. The number of benzene rings is 2. The van der Waals surface area contributed by atoms with Crippen LogP contribution in [0.15, 0.2) is 48.6 Å². The third-order valence-corrected chi connectivity index (χ3v) is 9.32. The van der Waals surface area contributed by atoms with E-state index in [-0.39, 0.29) is 24.0 Å². The van der Waals surface area contributed by atoms with E-state index in [1.54, 1.807) is 6.92 Å². The van der Waals surface area contributed by atoms with E-state index in [4.69, 9.17) is 0 Å². The summed E-state index contributed by atoms with van der Waals surface area (Å²) in [4.78, 5) is 12.0. The molecule has 0 aromatic heterocycles. The van der Waals surface area contributed by atoms with E-state index >= 15 is 0 Å². The Labute approximate surface area is 238 Å². The second-order valence-electron chi connectivity index (χ2n) is 12.1. The summed E-state index contributed by atoms with van der Waals surface area (Å²) < 4.78 is 41.3. The molecule has 218 valence electrons. The van der Waals surface area contributed by atoms with Gasteiger partial charge in [-0.15, -0.1) is 0 Å². The van der Waals surface area contributed by atoms with Gasteiger partial charge in [0.25, 0.3) is 0 Å². The van der Waals surface area contributed by atoms with Crippen LogP contribution in [0.2, 0.25) is 0 Å². The summed E-state index contributed by atoms with van der Waals surface area (Å²) in [5.41, 5.74) is 0.954. The Morgan fingerprint density at radius 3 is 2.00 bits per heavy atom. The molecule has 2 nitrogen and oxygen atoms in total. The van der Waals surface area contributed by atoms with Crippen LogP contribution in [0.3, 0.4) is 0 Å². The lowest BCUT2D eigenvalue weighted by atomic mass is 9.77. The number of alkyl halides is 3. The molecule has 0 aliphatic heterocycles. The second-order valence-corrected chi connectivity index (χ2v) is 12.1. The predicted octanol–water partition coefficient (Wildman–Crippen LogP) is 10.2.